The van der Waals surface area contributed by atoms with Crippen LogP contribution in [0.25, 0.3) is 0 Å². The number of benzene rings is 2. The second kappa shape index (κ2) is 7.56. The van der Waals surface area contributed by atoms with Crippen LogP contribution in [0.1, 0.15) is 11.1 Å². The van der Waals surface area contributed by atoms with Gasteiger partial charge in [-0.1, -0.05) is 46.3 Å². The number of carbonyl (C=O) groups excluding carboxylic acids is 1. The molecule has 0 aliphatic carbocycles. The van der Waals surface area contributed by atoms with Crippen LogP contribution in [0.15, 0.2) is 52.0 Å². The van der Waals surface area contributed by atoms with Crippen molar-refractivity contribution in [2.75, 3.05) is 0 Å². The van der Waals surface area contributed by atoms with Gasteiger partial charge in [0, 0.05) is 10.0 Å². The van der Waals surface area contributed by atoms with Crippen LogP contribution in [0, 0.1) is 3.57 Å². The van der Waals surface area contributed by atoms with Crippen molar-refractivity contribution in [2.24, 2.45) is 5.10 Å². The second-order valence-electron chi connectivity index (χ2n) is 4.28. The van der Waals surface area contributed by atoms with Gasteiger partial charge in [0.25, 0.3) is 0 Å². The van der Waals surface area contributed by atoms with Crippen LogP contribution in [0.5, 0.6) is 5.75 Å². The fourth-order valence-electron chi connectivity index (χ4n) is 1.68. The van der Waals surface area contributed by atoms with E-state index in [-0.39, 0.29) is 18.1 Å². The first-order valence-electron chi connectivity index (χ1n) is 6.10. The van der Waals surface area contributed by atoms with E-state index in [4.69, 9.17) is 0 Å². The second-order valence-corrected chi connectivity index (χ2v) is 6.36. The molecule has 0 aromatic heterocycles. The Kier molecular flexibility index (Phi) is 5.75. The molecule has 2 aromatic rings. The van der Waals surface area contributed by atoms with Gasteiger partial charge in [-0.3, -0.25) is 4.79 Å². The molecule has 1 amide bonds. The minimum atomic E-state index is -0.207. The molecule has 0 unspecified atom stereocenters. The molecule has 2 rings (SSSR count). The van der Waals surface area contributed by atoms with E-state index in [0.717, 1.165) is 10.0 Å². The molecule has 2 N–H and O–H groups in total. The largest absolute Gasteiger partial charge is 0.506 e. The Morgan fingerprint density at radius 1 is 1.33 bits per heavy atom. The number of aromatic hydroxyl groups is 1. The molecular formula is C15H12BrIN2O2. The lowest BCUT2D eigenvalue weighted by Crippen LogP contribution is -2.19. The third kappa shape index (κ3) is 4.82. The fourth-order valence-corrected chi connectivity index (χ4v) is 3.23. The van der Waals surface area contributed by atoms with Gasteiger partial charge in [-0.15, -0.1) is 0 Å². The highest BCUT2D eigenvalue weighted by Crippen LogP contribution is 2.27. The topological polar surface area (TPSA) is 61.7 Å². The molecule has 0 aliphatic heterocycles. The third-order valence-corrected chi connectivity index (χ3v) is 3.94. The van der Waals surface area contributed by atoms with Crippen molar-refractivity contribution in [2.45, 2.75) is 6.42 Å². The molecule has 4 nitrogen and oxygen atoms in total. The fraction of sp³-hybridized carbons (Fsp3) is 0.0667. The summed E-state index contributed by atoms with van der Waals surface area (Å²) in [6.45, 7) is 0. The molecule has 6 heteroatoms. The number of carbonyl (C=O) groups is 1. The van der Waals surface area contributed by atoms with E-state index in [1.165, 1.54) is 6.21 Å². The first-order valence-corrected chi connectivity index (χ1v) is 7.97. The summed E-state index contributed by atoms with van der Waals surface area (Å²) in [4.78, 5) is 11.7. The molecule has 0 aliphatic rings. The van der Waals surface area contributed by atoms with Crippen molar-refractivity contribution in [3.63, 3.8) is 0 Å². The lowest BCUT2D eigenvalue weighted by Gasteiger charge is -2.03. The molecule has 108 valence electrons. The van der Waals surface area contributed by atoms with Gasteiger partial charge in [0.1, 0.15) is 5.75 Å². The van der Waals surface area contributed by atoms with Gasteiger partial charge in [-0.2, -0.15) is 5.10 Å². The predicted molar refractivity (Wildman–Crippen MR) is 94.4 cm³/mol. The van der Waals surface area contributed by atoms with Gasteiger partial charge in [-0.05, 0) is 40.3 Å². The molecule has 0 spiro atoms. The number of nitrogens with zero attached hydrogens (tertiary/aromatic N) is 1. The maximum atomic E-state index is 11.7. The Balaban J connectivity index is 1.98. The summed E-state index contributed by atoms with van der Waals surface area (Å²) in [6, 6.07) is 12.9. The number of phenolic OH excluding ortho intramolecular Hbond substituents is 1. The van der Waals surface area contributed by atoms with Crippen molar-refractivity contribution >= 4 is 50.6 Å². The quantitative estimate of drug-likeness (QED) is 0.418. The Hall–Kier alpha value is -1.41. The van der Waals surface area contributed by atoms with E-state index >= 15 is 0 Å². The van der Waals surface area contributed by atoms with Crippen molar-refractivity contribution in [1.29, 1.82) is 0 Å². The summed E-state index contributed by atoms with van der Waals surface area (Å²) in [5, 5.41) is 13.8. The average Bonchev–Trinajstić information content (AvgIpc) is 2.45. The maximum absolute atomic E-state index is 11.7. The highest BCUT2D eigenvalue weighted by Gasteiger charge is 2.06. The highest BCUT2D eigenvalue weighted by atomic mass is 127. The Bertz CT molecular complexity index is 675. The van der Waals surface area contributed by atoms with Gasteiger partial charge in [-0.25, -0.2) is 5.43 Å². The lowest BCUT2D eigenvalue weighted by atomic mass is 10.1. The van der Waals surface area contributed by atoms with Crippen LogP contribution in [-0.2, 0) is 11.2 Å². The first kappa shape index (κ1) is 16.0. The monoisotopic (exact) mass is 458 g/mol. The number of rotatable bonds is 4. The van der Waals surface area contributed by atoms with E-state index in [2.05, 4.69) is 26.5 Å². The molecule has 0 fully saturated rings. The van der Waals surface area contributed by atoms with Crippen molar-refractivity contribution in [1.82, 2.24) is 5.43 Å². The van der Waals surface area contributed by atoms with E-state index in [9.17, 15) is 9.90 Å². The first-order chi connectivity index (χ1) is 10.1. The van der Waals surface area contributed by atoms with Gasteiger partial charge in [0.05, 0.1) is 16.2 Å². The van der Waals surface area contributed by atoms with Gasteiger partial charge >= 0.3 is 0 Å². The Morgan fingerprint density at radius 3 is 2.76 bits per heavy atom. The van der Waals surface area contributed by atoms with Crippen molar-refractivity contribution in [3.05, 3.63) is 61.6 Å². The zero-order valence-electron chi connectivity index (χ0n) is 10.9. The zero-order chi connectivity index (χ0) is 15.2. The number of hydrazone groups is 1. The normalized spacial score (nSPS) is 10.8. The van der Waals surface area contributed by atoms with E-state index in [1.807, 2.05) is 52.9 Å². The Morgan fingerprint density at radius 2 is 2.05 bits per heavy atom. The minimum absolute atomic E-state index is 0.139. The van der Waals surface area contributed by atoms with Gasteiger partial charge in [0.2, 0.25) is 5.91 Å². The average molecular weight is 459 g/mol. The van der Waals surface area contributed by atoms with Crippen molar-refractivity contribution < 1.29 is 9.90 Å². The lowest BCUT2D eigenvalue weighted by molar-refractivity contribution is -0.120. The molecule has 0 saturated heterocycles. The molecule has 21 heavy (non-hydrogen) atoms. The van der Waals surface area contributed by atoms with E-state index in [1.54, 1.807) is 12.1 Å². The molecule has 0 atom stereocenters. The predicted octanol–water partition coefficient (Wildman–Crippen LogP) is 3.45. The smallest absolute Gasteiger partial charge is 0.244 e. The summed E-state index contributed by atoms with van der Waals surface area (Å²) in [6.07, 6.45) is 1.69. The number of halogens is 2. The van der Waals surface area contributed by atoms with Crippen LogP contribution in [-0.4, -0.2) is 17.2 Å². The third-order valence-electron chi connectivity index (χ3n) is 2.66. The maximum Gasteiger partial charge on any atom is 0.244 e. The molecule has 0 bridgehead atoms. The van der Waals surface area contributed by atoms with Crippen molar-refractivity contribution in [3.8, 4) is 5.75 Å². The summed E-state index contributed by atoms with van der Waals surface area (Å²) in [7, 11) is 0. The summed E-state index contributed by atoms with van der Waals surface area (Å²) >= 11 is 5.37. The molecule has 0 radical (unpaired) electrons. The summed E-state index contributed by atoms with van der Waals surface area (Å²) < 4.78 is 1.54. The van der Waals surface area contributed by atoms with Crippen LogP contribution in [0.2, 0.25) is 0 Å². The molecule has 0 saturated carbocycles. The number of amides is 1. The van der Waals surface area contributed by atoms with Crippen LogP contribution < -0.4 is 5.43 Å². The van der Waals surface area contributed by atoms with Crippen LogP contribution >= 0.6 is 38.5 Å². The van der Waals surface area contributed by atoms with E-state index < -0.39 is 0 Å². The number of hydrogen-bond donors (Lipinski definition) is 2. The minimum Gasteiger partial charge on any atom is -0.506 e. The van der Waals surface area contributed by atoms with Gasteiger partial charge in [0.15, 0.2) is 0 Å². The van der Waals surface area contributed by atoms with Crippen LogP contribution in [0.4, 0.5) is 0 Å². The number of phenols is 1. The summed E-state index contributed by atoms with van der Waals surface area (Å²) in [5.41, 5.74) is 3.90. The van der Waals surface area contributed by atoms with Crippen LogP contribution in [0.3, 0.4) is 0 Å². The number of nitrogens with one attached hydrogen (secondary N) is 1. The Labute approximate surface area is 144 Å². The molecular weight excluding hydrogens is 447 g/mol. The van der Waals surface area contributed by atoms with E-state index in [0.29, 0.717) is 9.13 Å². The van der Waals surface area contributed by atoms with Gasteiger partial charge < -0.3 is 5.11 Å². The zero-order valence-corrected chi connectivity index (χ0v) is 14.6. The molecule has 2 aromatic carbocycles. The summed E-state index contributed by atoms with van der Waals surface area (Å²) in [5.74, 6) is -0.0681. The number of hydrogen-bond acceptors (Lipinski definition) is 3. The standard InChI is InChI=1S/C15H12BrIN2O2/c16-12-7-11(15(21)13(17)8-12)9-18-19-14(20)6-10-4-2-1-3-5-10/h1-5,7-9,21H,6H2,(H,19,20)/b18-9-. The molecule has 0 heterocycles. The SMILES string of the molecule is O=C(Cc1ccccc1)N/N=C\c1cc(Br)cc(I)c1O. The highest BCUT2D eigenvalue weighted by molar-refractivity contribution is 14.1.